The maximum Gasteiger partial charge on any atom is 0.143 e. The number of hydrogen-bond acceptors (Lipinski definition) is 3. The Morgan fingerprint density at radius 1 is 1.17 bits per heavy atom. The lowest BCUT2D eigenvalue weighted by Gasteiger charge is -2.15. The molecule has 0 unspecified atom stereocenters. The Bertz CT molecular complexity index is 406. The smallest absolute Gasteiger partial charge is 0.143 e. The summed E-state index contributed by atoms with van der Waals surface area (Å²) in [4.78, 5) is 2.46. The maximum absolute atomic E-state index is 5.93. The van der Waals surface area contributed by atoms with Crippen molar-refractivity contribution >= 4 is 28.9 Å². The van der Waals surface area contributed by atoms with E-state index in [2.05, 4.69) is 4.90 Å². The van der Waals surface area contributed by atoms with Crippen LogP contribution >= 0.6 is 23.2 Å². The molecular weight excluding hydrogens is 271 g/mol. The molecule has 2 N–H and O–H groups in total. The summed E-state index contributed by atoms with van der Waals surface area (Å²) in [6.07, 6.45) is 3.64. The summed E-state index contributed by atoms with van der Waals surface area (Å²) < 4.78 is 5.64. The van der Waals surface area contributed by atoms with Crippen LogP contribution in [0, 0.1) is 0 Å². The van der Waals surface area contributed by atoms with Gasteiger partial charge in [-0.3, -0.25) is 0 Å². The van der Waals surface area contributed by atoms with Gasteiger partial charge in [-0.05, 0) is 38.4 Å². The summed E-state index contributed by atoms with van der Waals surface area (Å²) in [6, 6.07) is 3.30. The van der Waals surface area contributed by atoms with Crippen LogP contribution < -0.4 is 10.5 Å². The van der Waals surface area contributed by atoms with Crippen LogP contribution in [0.1, 0.15) is 19.3 Å². The van der Waals surface area contributed by atoms with E-state index >= 15 is 0 Å². The minimum absolute atomic E-state index is 0.457. The van der Waals surface area contributed by atoms with Crippen LogP contribution in [-0.4, -0.2) is 31.1 Å². The molecule has 0 amide bonds. The van der Waals surface area contributed by atoms with E-state index in [9.17, 15) is 0 Å². The van der Waals surface area contributed by atoms with Crippen LogP contribution in [0.5, 0.6) is 5.75 Å². The standard InChI is InChI=1S/C13H18Cl2N2O/c14-10-8-12(16)13(9-11(10)15)18-7-3-6-17-4-1-2-5-17/h8-9H,1-7,16H2. The molecule has 1 heterocycles. The maximum atomic E-state index is 5.93. The van der Waals surface area contributed by atoms with Crippen molar-refractivity contribution in [3.63, 3.8) is 0 Å². The fraction of sp³-hybridized carbons (Fsp3) is 0.538. The number of rotatable bonds is 5. The second-order valence-electron chi connectivity index (χ2n) is 4.55. The van der Waals surface area contributed by atoms with Gasteiger partial charge < -0.3 is 15.4 Å². The van der Waals surface area contributed by atoms with Crippen LogP contribution in [-0.2, 0) is 0 Å². The Kier molecular flexibility index (Phi) is 4.98. The molecule has 100 valence electrons. The van der Waals surface area contributed by atoms with Gasteiger partial charge in [0.15, 0.2) is 0 Å². The molecule has 0 saturated carbocycles. The van der Waals surface area contributed by atoms with Gasteiger partial charge in [-0.2, -0.15) is 0 Å². The lowest BCUT2D eigenvalue weighted by Crippen LogP contribution is -2.22. The minimum atomic E-state index is 0.457. The molecule has 1 fully saturated rings. The highest BCUT2D eigenvalue weighted by Crippen LogP contribution is 2.32. The summed E-state index contributed by atoms with van der Waals surface area (Å²) in [7, 11) is 0. The van der Waals surface area contributed by atoms with Gasteiger partial charge in [0, 0.05) is 12.6 Å². The number of ether oxygens (including phenoxy) is 1. The molecule has 0 radical (unpaired) electrons. The Morgan fingerprint density at radius 2 is 1.83 bits per heavy atom. The SMILES string of the molecule is Nc1cc(Cl)c(Cl)cc1OCCCN1CCCC1. The number of halogens is 2. The summed E-state index contributed by atoms with van der Waals surface area (Å²) in [5, 5.41) is 0.930. The Balaban J connectivity index is 1.77. The number of benzene rings is 1. The quantitative estimate of drug-likeness (QED) is 0.666. The molecule has 1 aliphatic heterocycles. The van der Waals surface area contributed by atoms with Crippen molar-refractivity contribution < 1.29 is 4.74 Å². The zero-order valence-corrected chi connectivity index (χ0v) is 11.8. The fourth-order valence-corrected chi connectivity index (χ4v) is 2.47. The molecule has 1 saturated heterocycles. The van der Waals surface area contributed by atoms with Crippen molar-refractivity contribution in [2.24, 2.45) is 0 Å². The highest BCUT2D eigenvalue weighted by molar-refractivity contribution is 6.42. The minimum Gasteiger partial charge on any atom is -0.491 e. The van der Waals surface area contributed by atoms with Crippen LogP contribution in [0.15, 0.2) is 12.1 Å². The van der Waals surface area contributed by atoms with Gasteiger partial charge in [0.1, 0.15) is 5.75 Å². The van der Waals surface area contributed by atoms with E-state index in [1.165, 1.54) is 25.9 Å². The van der Waals surface area contributed by atoms with Crippen LogP contribution in [0.3, 0.4) is 0 Å². The lowest BCUT2D eigenvalue weighted by atomic mass is 10.3. The van der Waals surface area contributed by atoms with Gasteiger partial charge in [0.25, 0.3) is 0 Å². The predicted molar refractivity (Wildman–Crippen MR) is 76.7 cm³/mol. The highest BCUT2D eigenvalue weighted by Gasteiger charge is 2.11. The molecule has 0 aliphatic carbocycles. The first-order valence-electron chi connectivity index (χ1n) is 6.26. The van der Waals surface area contributed by atoms with E-state index in [1.54, 1.807) is 12.1 Å². The average Bonchev–Trinajstić information content (AvgIpc) is 2.84. The van der Waals surface area contributed by atoms with Crippen molar-refractivity contribution in [2.45, 2.75) is 19.3 Å². The van der Waals surface area contributed by atoms with Gasteiger partial charge >= 0.3 is 0 Å². The molecule has 18 heavy (non-hydrogen) atoms. The summed E-state index contributed by atoms with van der Waals surface area (Å²) in [5.41, 5.74) is 6.35. The van der Waals surface area contributed by atoms with Crippen LogP contribution in [0.2, 0.25) is 10.0 Å². The van der Waals surface area contributed by atoms with E-state index in [4.69, 9.17) is 33.7 Å². The molecule has 0 bridgehead atoms. The van der Waals surface area contributed by atoms with Crippen LogP contribution in [0.4, 0.5) is 5.69 Å². The largest absolute Gasteiger partial charge is 0.491 e. The number of likely N-dealkylation sites (tertiary alicyclic amines) is 1. The summed E-state index contributed by atoms with van der Waals surface area (Å²) in [6.45, 7) is 4.17. The Hall–Kier alpha value is -0.640. The fourth-order valence-electron chi connectivity index (χ4n) is 2.15. The number of hydrogen-bond donors (Lipinski definition) is 1. The lowest BCUT2D eigenvalue weighted by molar-refractivity contribution is 0.264. The topological polar surface area (TPSA) is 38.5 Å². The summed E-state index contributed by atoms with van der Waals surface area (Å²) in [5.74, 6) is 0.617. The molecule has 2 rings (SSSR count). The van der Waals surface area contributed by atoms with Crippen molar-refractivity contribution in [1.82, 2.24) is 4.90 Å². The first-order chi connectivity index (χ1) is 8.66. The number of nitrogen functional groups attached to an aromatic ring is 1. The second kappa shape index (κ2) is 6.50. The zero-order chi connectivity index (χ0) is 13.0. The monoisotopic (exact) mass is 288 g/mol. The van der Waals surface area contributed by atoms with Gasteiger partial charge in [0.2, 0.25) is 0 Å². The highest BCUT2D eigenvalue weighted by atomic mass is 35.5. The van der Waals surface area contributed by atoms with E-state index in [1.807, 2.05) is 0 Å². The number of nitrogens with zero attached hydrogens (tertiary/aromatic N) is 1. The van der Waals surface area contributed by atoms with E-state index < -0.39 is 0 Å². The molecule has 5 heteroatoms. The first kappa shape index (κ1) is 13.8. The Labute approximate surface area is 118 Å². The molecule has 0 atom stereocenters. The van der Waals surface area contributed by atoms with Crippen molar-refractivity contribution in [1.29, 1.82) is 0 Å². The molecular formula is C13H18Cl2N2O. The first-order valence-corrected chi connectivity index (χ1v) is 7.02. The third-order valence-electron chi connectivity index (χ3n) is 3.13. The number of nitrogens with two attached hydrogens (primary N) is 1. The van der Waals surface area contributed by atoms with Gasteiger partial charge in [-0.15, -0.1) is 0 Å². The molecule has 1 aliphatic rings. The third-order valence-corrected chi connectivity index (χ3v) is 3.85. The second-order valence-corrected chi connectivity index (χ2v) is 5.37. The molecule has 1 aromatic rings. The average molecular weight is 289 g/mol. The van der Waals surface area contributed by atoms with Crippen molar-refractivity contribution in [3.05, 3.63) is 22.2 Å². The number of anilines is 1. The van der Waals surface area contributed by atoms with Crippen molar-refractivity contribution in [2.75, 3.05) is 32.0 Å². The van der Waals surface area contributed by atoms with Crippen molar-refractivity contribution in [3.8, 4) is 5.75 Å². The Morgan fingerprint density at radius 3 is 2.56 bits per heavy atom. The van der Waals surface area contributed by atoms with Gasteiger partial charge in [-0.1, -0.05) is 23.2 Å². The summed E-state index contributed by atoms with van der Waals surface area (Å²) >= 11 is 11.8. The molecule has 0 aromatic heterocycles. The zero-order valence-electron chi connectivity index (χ0n) is 10.3. The molecule has 3 nitrogen and oxygen atoms in total. The van der Waals surface area contributed by atoms with Gasteiger partial charge in [-0.25, -0.2) is 0 Å². The molecule has 0 spiro atoms. The van der Waals surface area contributed by atoms with Gasteiger partial charge in [0.05, 0.1) is 22.3 Å². The van der Waals surface area contributed by atoms with E-state index in [-0.39, 0.29) is 0 Å². The van der Waals surface area contributed by atoms with E-state index in [0.717, 1.165) is 13.0 Å². The third kappa shape index (κ3) is 3.67. The normalized spacial score (nSPS) is 16.1. The van der Waals surface area contributed by atoms with Crippen LogP contribution in [0.25, 0.3) is 0 Å². The van der Waals surface area contributed by atoms with E-state index in [0.29, 0.717) is 28.1 Å². The predicted octanol–water partition coefficient (Wildman–Crippen LogP) is 3.44. The molecule has 1 aromatic carbocycles.